The molecule has 3 nitrogen and oxygen atoms in total. The van der Waals surface area contributed by atoms with Gasteiger partial charge in [-0.3, -0.25) is 4.79 Å². The number of halogens is 1. The molecule has 0 aliphatic rings. The molecule has 0 aliphatic heterocycles. The molecule has 0 radical (unpaired) electrons. The van der Waals surface area contributed by atoms with Gasteiger partial charge in [0.15, 0.2) is 0 Å². The van der Waals surface area contributed by atoms with Crippen LogP contribution in [0.15, 0.2) is 36.4 Å². The van der Waals surface area contributed by atoms with E-state index in [2.05, 4.69) is 52.2 Å². The molecule has 1 atom stereocenters. The summed E-state index contributed by atoms with van der Waals surface area (Å²) < 4.78 is 1.15. The molecule has 2 aromatic rings. The number of carbonyl (C=O) groups is 1. The second kappa shape index (κ2) is 5.67. The van der Waals surface area contributed by atoms with Gasteiger partial charge in [0.25, 0.3) is 0 Å². The van der Waals surface area contributed by atoms with Gasteiger partial charge in [-0.15, -0.1) is 0 Å². The van der Waals surface area contributed by atoms with Gasteiger partial charge in [-0.25, -0.2) is 0 Å². The third-order valence-electron chi connectivity index (χ3n) is 2.91. The Labute approximate surface area is 119 Å². The van der Waals surface area contributed by atoms with Crippen LogP contribution in [-0.4, -0.2) is 17.6 Å². The normalized spacial score (nSPS) is 12.6. The second-order valence-electron chi connectivity index (χ2n) is 4.18. The number of nitrogens with one attached hydrogen (secondary N) is 1. The zero-order valence-corrected chi connectivity index (χ0v) is 12.1. The van der Waals surface area contributed by atoms with Gasteiger partial charge in [-0.05, 0) is 51.9 Å². The molecule has 1 unspecified atom stereocenters. The van der Waals surface area contributed by atoms with E-state index in [9.17, 15) is 4.79 Å². The van der Waals surface area contributed by atoms with Gasteiger partial charge >= 0.3 is 5.97 Å². The fourth-order valence-corrected chi connectivity index (χ4v) is 2.99. The molecule has 0 saturated heterocycles. The SMILES string of the molecule is CC(NCC(=O)O)c1c(I)ccc2ccccc12. The Morgan fingerprint density at radius 2 is 2.06 bits per heavy atom. The largest absolute Gasteiger partial charge is 0.480 e. The monoisotopic (exact) mass is 355 g/mol. The maximum Gasteiger partial charge on any atom is 0.317 e. The van der Waals surface area contributed by atoms with Crippen LogP contribution in [0, 0.1) is 3.57 Å². The smallest absolute Gasteiger partial charge is 0.317 e. The van der Waals surface area contributed by atoms with E-state index in [1.54, 1.807) is 0 Å². The summed E-state index contributed by atoms with van der Waals surface area (Å²) in [7, 11) is 0. The van der Waals surface area contributed by atoms with Gasteiger partial charge in [0.05, 0.1) is 6.54 Å². The number of hydrogen-bond donors (Lipinski definition) is 2. The molecule has 18 heavy (non-hydrogen) atoms. The van der Waals surface area contributed by atoms with E-state index in [0.717, 1.165) is 9.13 Å². The number of rotatable bonds is 4. The third-order valence-corrected chi connectivity index (χ3v) is 3.85. The first-order valence-corrected chi connectivity index (χ1v) is 6.80. The summed E-state index contributed by atoms with van der Waals surface area (Å²) in [6, 6.07) is 12.3. The Morgan fingerprint density at radius 3 is 2.78 bits per heavy atom. The first kappa shape index (κ1) is 13.3. The minimum atomic E-state index is -0.836. The lowest BCUT2D eigenvalue weighted by molar-refractivity contribution is -0.136. The molecule has 94 valence electrons. The fraction of sp³-hybridized carbons (Fsp3) is 0.214. The Balaban J connectivity index is 2.42. The second-order valence-corrected chi connectivity index (χ2v) is 5.34. The topological polar surface area (TPSA) is 49.3 Å². The molecule has 0 aliphatic carbocycles. The van der Waals surface area contributed by atoms with Crippen molar-refractivity contribution < 1.29 is 9.90 Å². The molecular formula is C14H14INO2. The van der Waals surface area contributed by atoms with Gasteiger partial charge < -0.3 is 10.4 Å². The summed E-state index contributed by atoms with van der Waals surface area (Å²) in [5.74, 6) is -0.836. The minimum Gasteiger partial charge on any atom is -0.480 e. The Kier molecular flexibility index (Phi) is 4.19. The van der Waals surface area contributed by atoms with E-state index in [1.807, 2.05) is 19.1 Å². The average molecular weight is 355 g/mol. The van der Waals surface area contributed by atoms with Crippen molar-refractivity contribution in [2.75, 3.05) is 6.54 Å². The number of aliphatic carboxylic acids is 1. The number of fused-ring (bicyclic) bond motifs is 1. The van der Waals surface area contributed by atoms with Crippen molar-refractivity contribution in [2.45, 2.75) is 13.0 Å². The predicted octanol–water partition coefficient (Wildman–Crippen LogP) is 3.18. The van der Waals surface area contributed by atoms with Crippen molar-refractivity contribution >= 4 is 39.3 Å². The van der Waals surface area contributed by atoms with Crippen LogP contribution in [0.4, 0.5) is 0 Å². The van der Waals surface area contributed by atoms with Crippen LogP contribution in [0.5, 0.6) is 0 Å². The zero-order valence-electron chi connectivity index (χ0n) is 9.98. The average Bonchev–Trinajstić information content (AvgIpc) is 2.36. The number of carboxylic acids is 1. The van der Waals surface area contributed by atoms with Crippen molar-refractivity contribution in [2.24, 2.45) is 0 Å². The highest BCUT2D eigenvalue weighted by atomic mass is 127. The highest BCUT2D eigenvalue weighted by Crippen LogP contribution is 2.28. The predicted molar refractivity (Wildman–Crippen MR) is 80.7 cm³/mol. The molecule has 0 bridgehead atoms. The summed E-state index contributed by atoms with van der Waals surface area (Å²) in [6.07, 6.45) is 0. The van der Waals surface area contributed by atoms with Crippen molar-refractivity contribution in [3.05, 3.63) is 45.5 Å². The number of hydrogen-bond acceptors (Lipinski definition) is 2. The van der Waals surface area contributed by atoms with Crippen molar-refractivity contribution in [3.8, 4) is 0 Å². The number of benzene rings is 2. The molecule has 0 heterocycles. The molecular weight excluding hydrogens is 341 g/mol. The first-order chi connectivity index (χ1) is 8.59. The highest BCUT2D eigenvalue weighted by Gasteiger charge is 2.13. The molecule has 2 rings (SSSR count). The van der Waals surface area contributed by atoms with Crippen LogP contribution >= 0.6 is 22.6 Å². The Bertz CT molecular complexity index is 583. The van der Waals surface area contributed by atoms with Crippen LogP contribution < -0.4 is 5.32 Å². The maximum atomic E-state index is 10.6. The first-order valence-electron chi connectivity index (χ1n) is 5.72. The lowest BCUT2D eigenvalue weighted by atomic mass is 10.00. The third kappa shape index (κ3) is 2.81. The minimum absolute atomic E-state index is 0.0131. The van der Waals surface area contributed by atoms with E-state index >= 15 is 0 Å². The standard InChI is InChI=1S/C14H14INO2/c1-9(16-8-13(17)18)14-11-5-3-2-4-10(11)6-7-12(14)15/h2-7,9,16H,8H2,1H3,(H,17,18). The van der Waals surface area contributed by atoms with E-state index in [4.69, 9.17) is 5.11 Å². The molecule has 4 heteroatoms. The summed E-state index contributed by atoms with van der Waals surface area (Å²) in [5, 5.41) is 14.1. The fourth-order valence-electron chi connectivity index (χ4n) is 2.05. The van der Waals surface area contributed by atoms with Crippen molar-refractivity contribution in [1.82, 2.24) is 5.32 Å². The van der Waals surface area contributed by atoms with Gasteiger partial charge in [0.2, 0.25) is 0 Å². The molecule has 2 N–H and O–H groups in total. The van der Waals surface area contributed by atoms with Crippen LogP contribution in [0.3, 0.4) is 0 Å². The summed E-state index contributed by atoms with van der Waals surface area (Å²) in [4.78, 5) is 10.6. The number of carboxylic acid groups (broad SMARTS) is 1. The van der Waals surface area contributed by atoms with Crippen molar-refractivity contribution in [3.63, 3.8) is 0 Å². The van der Waals surface area contributed by atoms with Crippen LogP contribution in [-0.2, 0) is 4.79 Å². The van der Waals surface area contributed by atoms with E-state index in [1.165, 1.54) is 10.8 Å². The molecule has 0 aromatic heterocycles. The lowest BCUT2D eigenvalue weighted by Crippen LogP contribution is -2.26. The van der Waals surface area contributed by atoms with Crippen LogP contribution in [0.1, 0.15) is 18.5 Å². The van der Waals surface area contributed by atoms with E-state index < -0.39 is 5.97 Å². The molecule has 2 aromatic carbocycles. The summed E-state index contributed by atoms with van der Waals surface area (Å²) >= 11 is 2.29. The lowest BCUT2D eigenvalue weighted by Gasteiger charge is -2.17. The summed E-state index contributed by atoms with van der Waals surface area (Å²) in [5.41, 5.74) is 1.16. The van der Waals surface area contributed by atoms with Crippen LogP contribution in [0.25, 0.3) is 10.8 Å². The highest BCUT2D eigenvalue weighted by molar-refractivity contribution is 14.1. The van der Waals surface area contributed by atoms with Crippen LogP contribution in [0.2, 0.25) is 0 Å². The summed E-state index contributed by atoms with van der Waals surface area (Å²) in [6.45, 7) is 1.97. The maximum absolute atomic E-state index is 10.6. The van der Waals surface area contributed by atoms with Gasteiger partial charge in [-0.2, -0.15) is 0 Å². The van der Waals surface area contributed by atoms with Crippen molar-refractivity contribution in [1.29, 1.82) is 0 Å². The molecule has 0 amide bonds. The Hall–Kier alpha value is -1.14. The quantitative estimate of drug-likeness (QED) is 0.829. The zero-order chi connectivity index (χ0) is 13.1. The van der Waals surface area contributed by atoms with E-state index in [-0.39, 0.29) is 12.6 Å². The molecule has 0 fully saturated rings. The van der Waals surface area contributed by atoms with Gasteiger partial charge in [0, 0.05) is 9.61 Å². The Morgan fingerprint density at radius 1 is 1.33 bits per heavy atom. The van der Waals surface area contributed by atoms with Gasteiger partial charge in [-0.1, -0.05) is 30.3 Å². The van der Waals surface area contributed by atoms with Gasteiger partial charge in [0.1, 0.15) is 0 Å². The molecule has 0 spiro atoms. The molecule has 0 saturated carbocycles. The van der Waals surface area contributed by atoms with E-state index in [0.29, 0.717) is 0 Å².